The van der Waals surface area contributed by atoms with Crippen LogP contribution in [0.4, 0.5) is 10.6 Å². The highest BCUT2D eigenvalue weighted by Crippen LogP contribution is 2.27. The minimum Gasteiger partial charge on any atom is -0.465 e. The van der Waals surface area contributed by atoms with E-state index in [0.29, 0.717) is 6.54 Å². The molecule has 1 aliphatic rings. The standard InChI is InChI=1S/C12H11NO2.C9H13N3O4/c14-12(15)13-8-9-5-6-10-3-1-2-4-11(10)7-9;10-7-1-2-12(9(15)11-7)8-3-5(14)6(4-13)16-8/h1-7,13H,8H2,(H,14,15);1-2,5-6,8,13-14H,3-4H2,(H2,10,11,15)/t;5-,6+,8+/m.0/s1. The van der Waals surface area contributed by atoms with Crippen molar-refractivity contribution in [1.82, 2.24) is 14.9 Å². The Morgan fingerprint density at radius 3 is 2.61 bits per heavy atom. The van der Waals surface area contributed by atoms with Crippen molar-refractivity contribution in [2.45, 2.75) is 31.4 Å². The number of rotatable bonds is 4. The number of carboxylic acid groups (broad SMARTS) is 1. The molecule has 2 aromatic carbocycles. The highest BCUT2D eigenvalue weighted by molar-refractivity contribution is 5.83. The lowest BCUT2D eigenvalue weighted by Crippen LogP contribution is -2.27. The number of ether oxygens (including phenoxy) is 1. The molecule has 0 unspecified atom stereocenters. The molecule has 2 heterocycles. The van der Waals surface area contributed by atoms with Crippen molar-refractivity contribution in [2.24, 2.45) is 0 Å². The van der Waals surface area contributed by atoms with E-state index in [1.807, 2.05) is 42.5 Å². The minimum absolute atomic E-state index is 0.138. The number of benzene rings is 2. The van der Waals surface area contributed by atoms with Gasteiger partial charge in [0.15, 0.2) is 0 Å². The van der Waals surface area contributed by atoms with Crippen molar-refractivity contribution in [2.75, 3.05) is 12.3 Å². The number of hydrogen-bond donors (Lipinski definition) is 5. The van der Waals surface area contributed by atoms with Crippen LogP contribution in [0, 0.1) is 0 Å². The first kappa shape index (κ1) is 22.2. The first-order valence-corrected chi connectivity index (χ1v) is 9.61. The Morgan fingerprint density at radius 2 is 1.97 bits per heavy atom. The number of aromatic nitrogens is 2. The van der Waals surface area contributed by atoms with E-state index in [-0.39, 0.29) is 18.8 Å². The number of fused-ring (bicyclic) bond motifs is 1. The zero-order valence-electron chi connectivity index (χ0n) is 16.6. The Hall–Kier alpha value is -3.47. The summed E-state index contributed by atoms with van der Waals surface area (Å²) in [6, 6.07) is 15.4. The van der Waals surface area contributed by atoms with E-state index in [1.165, 1.54) is 16.8 Å². The lowest BCUT2D eigenvalue weighted by atomic mass is 10.1. The number of anilines is 1. The molecule has 31 heavy (non-hydrogen) atoms. The van der Waals surface area contributed by atoms with E-state index in [9.17, 15) is 14.7 Å². The highest BCUT2D eigenvalue weighted by atomic mass is 16.5. The van der Waals surface area contributed by atoms with Crippen LogP contribution in [0.3, 0.4) is 0 Å². The number of nitrogens with two attached hydrogens (primary N) is 1. The fourth-order valence-electron chi connectivity index (χ4n) is 3.22. The lowest BCUT2D eigenvalue weighted by Gasteiger charge is -2.13. The van der Waals surface area contributed by atoms with Gasteiger partial charge in [0, 0.05) is 19.2 Å². The molecule has 6 N–H and O–H groups in total. The van der Waals surface area contributed by atoms with Crippen LogP contribution in [0.2, 0.25) is 0 Å². The molecular formula is C21H24N4O6. The largest absolute Gasteiger partial charge is 0.465 e. The lowest BCUT2D eigenvalue weighted by molar-refractivity contribution is -0.0458. The third-order valence-electron chi connectivity index (χ3n) is 4.80. The number of nitrogen functional groups attached to an aromatic ring is 1. The van der Waals surface area contributed by atoms with Gasteiger partial charge < -0.3 is 31.1 Å². The van der Waals surface area contributed by atoms with E-state index in [0.717, 1.165) is 16.3 Å². The quantitative estimate of drug-likeness (QED) is 0.412. The van der Waals surface area contributed by atoms with Crippen LogP contribution in [-0.2, 0) is 11.3 Å². The highest BCUT2D eigenvalue weighted by Gasteiger charge is 2.34. The van der Waals surface area contributed by atoms with Gasteiger partial charge in [-0.2, -0.15) is 4.98 Å². The van der Waals surface area contributed by atoms with Crippen molar-refractivity contribution in [3.63, 3.8) is 0 Å². The molecule has 0 aliphatic carbocycles. The number of carbonyl (C=O) groups is 1. The molecule has 1 amide bonds. The number of aliphatic hydroxyl groups is 2. The van der Waals surface area contributed by atoms with Crippen LogP contribution < -0.4 is 16.7 Å². The van der Waals surface area contributed by atoms with Gasteiger partial charge in [-0.1, -0.05) is 36.4 Å². The van der Waals surface area contributed by atoms with E-state index in [4.69, 9.17) is 20.7 Å². The summed E-state index contributed by atoms with van der Waals surface area (Å²) in [7, 11) is 0. The third-order valence-corrected chi connectivity index (χ3v) is 4.80. The molecule has 0 spiro atoms. The maximum Gasteiger partial charge on any atom is 0.404 e. The van der Waals surface area contributed by atoms with Gasteiger partial charge in [-0.05, 0) is 28.5 Å². The third kappa shape index (κ3) is 5.79. The Kier molecular flexibility index (Phi) is 7.19. The van der Waals surface area contributed by atoms with Crippen molar-refractivity contribution < 1.29 is 24.9 Å². The molecule has 1 fully saturated rings. The van der Waals surface area contributed by atoms with Gasteiger partial charge in [0.1, 0.15) is 18.1 Å². The maximum atomic E-state index is 11.5. The summed E-state index contributed by atoms with van der Waals surface area (Å²) in [6.45, 7) is 0.0645. The Morgan fingerprint density at radius 1 is 1.23 bits per heavy atom. The fourth-order valence-corrected chi connectivity index (χ4v) is 3.22. The maximum absolute atomic E-state index is 11.5. The summed E-state index contributed by atoms with van der Waals surface area (Å²) >= 11 is 0. The SMILES string of the molecule is Nc1ccn([C@H]2C[C@H](O)[C@@H](CO)O2)c(=O)n1.O=C(O)NCc1ccc2ccccc2c1. The Bertz CT molecular complexity index is 1100. The van der Waals surface area contributed by atoms with Crippen molar-refractivity contribution in [3.05, 3.63) is 70.8 Å². The monoisotopic (exact) mass is 428 g/mol. The van der Waals surface area contributed by atoms with Crippen LogP contribution in [0.1, 0.15) is 18.2 Å². The van der Waals surface area contributed by atoms with E-state index in [1.54, 1.807) is 0 Å². The molecule has 0 saturated carbocycles. The molecule has 10 nitrogen and oxygen atoms in total. The van der Waals surface area contributed by atoms with Crippen molar-refractivity contribution >= 4 is 22.7 Å². The Balaban J connectivity index is 0.000000176. The van der Waals surface area contributed by atoms with Gasteiger partial charge in [-0.25, -0.2) is 9.59 Å². The van der Waals surface area contributed by atoms with Gasteiger partial charge >= 0.3 is 11.8 Å². The van der Waals surface area contributed by atoms with Crippen LogP contribution >= 0.6 is 0 Å². The summed E-state index contributed by atoms with van der Waals surface area (Å²) in [5.74, 6) is 0.138. The van der Waals surface area contributed by atoms with Gasteiger partial charge in [0.25, 0.3) is 0 Å². The van der Waals surface area contributed by atoms with Crippen LogP contribution in [0.15, 0.2) is 59.5 Å². The van der Waals surface area contributed by atoms with Crippen LogP contribution in [-0.4, -0.2) is 49.8 Å². The second-order valence-corrected chi connectivity index (χ2v) is 7.00. The summed E-state index contributed by atoms with van der Waals surface area (Å²) in [5.41, 5.74) is 5.79. The van der Waals surface area contributed by atoms with E-state index < -0.39 is 30.2 Å². The molecule has 164 valence electrons. The normalized spacial score (nSPS) is 20.1. The average Bonchev–Trinajstić information content (AvgIpc) is 3.13. The molecule has 0 radical (unpaired) electrons. The van der Waals surface area contributed by atoms with Gasteiger partial charge in [0.05, 0.1) is 12.7 Å². The number of nitrogens with zero attached hydrogens (tertiary/aromatic N) is 2. The molecular weight excluding hydrogens is 404 g/mol. The number of nitrogens with one attached hydrogen (secondary N) is 1. The van der Waals surface area contributed by atoms with E-state index >= 15 is 0 Å². The summed E-state index contributed by atoms with van der Waals surface area (Å²) < 4.78 is 6.56. The van der Waals surface area contributed by atoms with Crippen LogP contribution in [0.5, 0.6) is 0 Å². The molecule has 4 rings (SSSR count). The molecule has 3 atom stereocenters. The van der Waals surface area contributed by atoms with Crippen molar-refractivity contribution in [1.29, 1.82) is 0 Å². The molecule has 1 aromatic heterocycles. The second kappa shape index (κ2) is 10.0. The average molecular weight is 428 g/mol. The summed E-state index contributed by atoms with van der Waals surface area (Å²) in [6.07, 6.45) is -1.33. The van der Waals surface area contributed by atoms with Crippen LogP contribution in [0.25, 0.3) is 10.8 Å². The second-order valence-electron chi connectivity index (χ2n) is 7.00. The fraction of sp³-hybridized carbons (Fsp3) is 0.286. The summed E-state index contributed by atoms with van der Waals surface area (Å²) in [4.78, 5) is 25.4. The van der Waals surface area contributed by atoms with Crippen molar-refractivity contribution in [3.8, 4) is 0 Å². The molecule has 1 aliphatic heterocycles. The zero-order chi connectivity index (χ0) is 22.4. The Labute approximate surface area is 177 Å². The van der Waals surface area contributed by atoms with Gasteiger partial charge in [-0.3, -0.25) is 4.57 Å². The predicted octanol–water partition coefficient (Wildman–Crippen LogP) is 1.07. The topological polar surface area (TPSA) is 160 Å². The number of hydrogen-bond acceptors (Lipinski definition) is 7. The minimum atomic E-state index is -0.997. The number of aliphatic hydroxyl groups excluding tert-OH is 2. The first-order valence-electron chi connectivity index (χ1n) is 9.61. The summed E-state index contributed by atoms with van der Waals surface area (Å²) in [5, 5.41) is 31.5. The molecule has 0 bridgehead atoms. The van der Waals surface area contributed by atoms with E-state index in [2.05, 4.69) is 10.3 Å². The molecule has 3 aromatic rings. The first-order chi connectivity index (χ1) is 14.9. The number of amides is 1. The molecule has 10 heteroatoms. The smallest absolute Gasteiger partial charge is 0.404 e. The predicted molar refractivity (Wildman–Crippen MR) is 113 cm³/mol. The van der Waals surface area contributed by atoms with Gasteiger partial charge in [-0.15, -0.1) is 0 Å². The molecule has 1 saturated heterocycles. The van der Waals surface area contributed by atoms with Gasteiger partial charge in [0.2, 0.25) is 0 Å². The zero-order valence-corrected chi connectivity index (χ0v) is 16.6.